The van der Waals surface area contributed by atoms with Crippen LogP contribution in [0.4, 0.5) is 83.4 Å². The summed E-state index contributed by atoms with van der Waals surface area (Å²) in [5, 5.41) is 0. The molecule has 0 atom stereocenters. The maximum absolute atomic E-state index is 13.5. The first-order valence-electron chi connectivity index (χ1n) is 7.76. The maximum atomic E-state index is 13.5. The van der Waals surface area contributed by atoms with Crippen LogP contribution in [0, 0.1) is 0 Å². The molecule has 33 heavy (non-hydrogen) atoms. The van der Waals surface area contributed by atoms with Crippen LogP contribution in [0.5, 0.6) is 0 Å². The molecule has 0 aliphatic carbocycles. The average Bonchev–Trinajstić information content (AvgIpc) is 2.58. The average molecular weight is 538 g/mol. The van der Waals surface area contributed by atoms with Crippen LogP contribution in [0.1, 0.15) is 19.8 Å². The van der Waals surface area contributed by atoms with Crippen LogP contribution in [-0.4, -0.2) is 53.6 Å². The fraction of sp³-hybridized carbons (Fsp3) is 0.857. The molecule has 0 fully saturated rings. The van der Waals surface area contributed by atoms with Crippen molar-refractivity contribution >= 4 is 0 Å². The van der Waals surface area contributed by atoms with Gasteiger partial charge >= 0.3 is 53.6 Å². The lowest BCUT2D eigenvalue weighted by molar-refractivity contribution is -0.472. The molecule has 0 aromatic carbocycles. The molecule has 0 N–H and O–H groups in total. The third-order valence-corrected chi connectivity index (χ3v) is 4.11. The Balaban J connectivity index is 6.93. The fourth-order valence-electron chi connectivity index (χ4n) is 2.14. The molecule has 0 bridgehead atoms. The zero-order chi connectivity index (χ0) is 27.3. The van der Waals surface area contributed by atoms with Crippen molar-refractivity contribution in [3.8, 4) is 0 Å². The zero-order valence-corrected chi connectivity index (χ0v) is 15.3. The van der Waals surface area contributed by atoms with Gasteiger partial charge in [0, 0.05) is 6.42 Å². The zero-order valence-electron chi connectivity index (χ0n) is 15.3. The number of halogens is 19. The number of allylic oxidation sites excluding steroid dienone is 2. The number of rotatable bonds is 9. The van der Waals surface area contributed by atoms with Crippen molar-refractivity contribution in [2.75, 3.05) is 0 Å². The van der Waals surface area contributed by atoms with Gasteiger partial charge in [-0.25, -0.2) is 4.39 Å². The van der Waals surface area contributed by atoms with Gasteiger partial charge in [-0.15, -0.1) is 0 Å². The van der Waals surface area contributed by atoms with Crippen LogP contribution in [0.2, 0.25) is 0 Å². The molecule has 198 valence electrons. The molecule has 0 aromatic heterocycles. The predicted octanol–water partition coefficient (Wildman–Crippen LogP) is 7.99. The summed E-state index contributed by atoms with van der Waals surface area (Å²) >= 11 is 0. The van der Waals surface area contributed by atoms with Gasteiger partial charge in [-0.05, 0) is 13.3 Å². The summed E-state index contributed by atoms with van der Waals surface area (Å²) in [4.78, 5) is 0. The van der Waals surface area contributed by atoms with E-state index in [2.05, 4.69) is 0 Å². The summed E-state index contributed by atoms with van der Waals surface area (Å²) in [5.41, 5.74) is -8.71. The highest BCUT2D eigenvalue weighted by Crippen LogP contribution is 2.66. The van der Waals surface area contributed by atoms with E-state index in [1.165, 1.54) is 0 Å². The summed E-state index contributed by atoms with van der Waals surface area (Å²) in [5.74, 6) is -49.4. The fourth-order valence-corrected chi connectivity index (χ4v) is 2.14. The Morgan fingerprint density at radius 2 is 0.758 bits per heavy atom. The van der Waals surface area contributed by atoms with Crippen molar-refractivity contribution in [3.05, 3.63) is 12.2 Å². The van der Waals surface area contributed by atoms with Crippen molar-refractivity contribution in [1.29, 1.82) is 0 Å². The number of alkyl halides is 19. The van der Waals surface area contributed by atoms with E-state index in [4.69, 9.17) is 0 Å². The maximum Gasteiger partial charge on any atom is 0.438 e. The molecular formula is C14H9F19. The van der Waals surface area contributed by atoms with Crippen LogP contribution in [0.15, 0.2) is 12.2 Å². The van der Waals surface area contributed by atoms with Crippen molar-refractivity contribution < 1.29 is 83.4 Å². The summed E-state index contributed by atoms with van der Waals surface area (Å²) in [6, 6.07) is 0. The van der Waals surface area contributed by atoms with E-state index in [0.717, 1.165) is 13.0 Å². The molecule has 0 aliphatic heterocycles. The minimum Gasteiger partial charge on any atom is -0.216 e. The van der Waals surface area contributed by atoms with Gasteiger partial charge in [0.15, 0.2) is 0 Å². The number of hydrogen-bond acceptors (Lipinski definition) is 0. The molecule has 0 radical (unpaired) electrons. The SMILES string of the molecule is CC=CCCC(F)(F)C(F)(F)C(F)(F)C(F)(F)C(F)(F)C(F)(F)C(F)(C(F)(F)F)C(F)(F)F. The van der Waals surface area contributed by atoms with Crippen LogP contribution in [-0.2, 0) is 0 Å². The van der Waals surface area contributed by atoms with Gasteiger partial charge in [-0.3, -0.25) is 0 Å². The van der Waals surface area contributed by atoms with Gasteiger partial charge in [-0.1, -0.05) is 12.2 Å². The third kappa shape index (κ3) is 4.20. The van der Waals surface area contributed by atoms with Gasteiger partial charge in [0.05, 0.1) is 0 Å². The Morgan fingerprint density at radius 1 is 0.455 bits per heavy atom. The minimum atomic E-state index is -8.97. The highest BCUT2D eigenvalue weighted by molar-refractivity contribution is 5.19. The summed E-state index contributed by atoms with van der Waals surface area (Å²) < 4.78 is 248. The molecule has 0 heterocycles. The van der Waals surface area contributed by atoms with E-state index >= 15 is 0 Å². The van der Waals surface area contributed by atoms with Crippen LogP contribution in [0.25, 0.3) is 0 Å². The first kappa shape index (κ1) is 31.4. The van der Waals surface area contributed by atoms with Crippen LogP contribution in [0.3, 0.4) is 0 Å². The van der Waals surface area contributed by atoms with Gasteiger partial charge < -0.3 is 0 Å². The van der Waals surface area contributed by atoms with Crippen LogP contribution >= 0.6 is 0 Å². The topological polar surface area (TPSA) is 0 Å². The minimum absolute atomic E-state index is 0.521. The van der Waals surface area contributed by atoms with E-state index in [0.29, 0.717) is 6.08 Å². The highest BCUT2D eigenvalue weighted by atomic mass is 19.4. The Hall–Kier alpha value is -1.59. The van der Waals surface area contributed by atoms with Crippen molar-refractivity contribution in [2.45, 2.75) is 73.3 Å². The Morgan fingerprint density at radius 3 is 1.06 bits per heavy atom. The third-order valence-electron chi connectivity index (χ3n) is 4.11. The summed E-state index contributed by atoms with van der Waals surface area (Å²) in [6.07, 6.45) is -19.1. The Bertz CT molecular complexity index is 693. The summed E-state index contributed by atoms with van der Waals surface area (Å²) in [7, 11) is 0. The first-order valence-corrected chi connectivity index (χ1v) is 7.76. The predicted molar refractivity (Wildman–Crippen MR) is 69.7 cm³/mol. The second-order valence-corrected chi connectivity index (χ2v) is 6.34. The van der Waals surface area contributed by atoms with Crippen molar-refractivity contribution in [2.24, 2.45) is 0 Å². The van der Waals surface area contributed by atoms with E-state index in [1.54, 1.807) is 0 Å². The molecule has 0 saturated heterocycles. The first-order chi connectivity index (χ1) is 14.1. The van der Waals surface area contributed by atoms with Gasteiger partial charge in [-0.2, -0.15) is 79.0 Å². The lowest BCUT2D eigenvalue weighted by atomic mass is 9.83. The van der Waals surface area contributed by atoms with Crippen molar-refractivity contribution in [3.63, 3.8) is 0 Å². The molecule has 0 unspecified atom stereocenters. The lowest BCUT2D eigenvalue weighted by Crippen LogP contribution is -2.77. The number of hydrogen-bond donors (Lipinski definition) is 0. The van der Waals surface area contributed by atoms with Crippen LogP contribution < -0.4 is 0 Å². The summed E-state index contributed by atoms with van der Waals surface area (Å²) in [6.45, 7) is 1.03. The lowest BCUT2D eigenvalue weighted by Gasteiger charge is -2.45. The van der Waals surface area contributed by atoms with E-state index in [1.807, 2.05) is 0 Å². The highest BCUT2D eigenvalue weighted by Gasteiger charge is 2.98. The van der Waals surface area contributed by atoms with Gasteiger partial charge in [0.1, 0.15) is 0 Å². The quantitative estimate of drug-likeness (QED) is 0.206. The molecule has 0 nitrogen and oxygen atoms in total. The van der Waals surface area contributed by atoms with Crippen molar-refractivity contribution in [1.82, 2.24) is 0 Å². The van der Waals surface area contributed by atoms with E-state index in [-0.39, 0.29) is 0 Å². The molecule has 0 saturated carbocycles. The second kappa shape index (κ2) is 8.27. The van der Waals surface area contributed by atoms with E-state index < -0.39 is 66.4 Å². The normalized spacial score (nSPS) is 16.6. The van der Waals surface area contributed by atoms with E-state index in [9.17, 15) is 83.4 Å². The molecule has 0 spiro atoms. The van der Waals surface area contributed by atoms with Gasteiger partial charge in [0.2, 0.25) is 0 Å². The standard InChI is InChI=1S/C14H9F19/c1-2-3-4-5-6(15,16)8(18,19)10(22,23)12(26,27)11(24,25)9(20,21)7(17,13(28,29)30)14(31,32)33/h2-3H,4-5H2,1H3. The molecule has 0 amide bonds. The smallest absolute Gasteiger partial charge is 0.216 e. The largest absolute Gasteiger partial charge is 0.438 e. The Labute approximate surface area is 170 Å². The monoisotopic (exact) mass is 538 g/mol. The molecule has 19 heteroatoms. The molecule has 0 aliphatic rings. The molecule has 0 aromatic rings. The molecule has 0 rings (SSSR count). The Kier molecular flexibility index (Phi) is 7.87. The second-order valence-electron chi connectivity index (χ2n) is 6.34. The molecular weight excluding hydrogens is 529 g/mol. The van der Waals surface area contributed by atoms with Gasteiger partial charge in [0.25, 0.3) is 0 Å².